The number of ether oxygens (including phenoxy) is 3. The lowest BCUT2D eigenvalue weighted by molar-refractivity contribution is 0.152. The fourth-order valence-corrected chi connectivity index (χ4v) is 2.15. The van der Waals surface area contributed by atoms with Crippen LogP contribution in [0.25, 0.3) is 0 Å². The molecule has 0 bridgehead atoms. The molecular weight excluding hydrogens is 232 g/mol. The van der Waals surface area contributed by atoms with Crippen LogP contribution in [0, 0.1) is 5.92 Å². The van der Waals surface area contributed by atoms with Crippen molar-refractivity contribution in [1.29, 1.82) is 0 Å². The topological polar surface area (TPSA) is 47.9 Å². The number of rotatable bonds is 6. The summed E-state index contributed by atoms with van der Waals surface area (Å²) in [5.74, 6) is 2.52. The van der Waals surface area contributed by atoms with Gasteiger partial charge in [-0.1, -0.05) is 12.8 Å². The summed E-state index contributed by atoms with van der Waals surface area (Å²) in [5, 5.41) is 10.3. The quantitative estimate of drug-likeness (QED) is 0.845. The maximum Gasteiger partial charge on any atom is 0.132 e. The zero-order valence-corrected chi connectivity index (χ0v) is 11.1. The standard InChI is InChI=1S/C14H20O4/c1-16-10-7-12(17-2)14(13(8-10)18-3)11(15)6-9-4-5-9/h7-9,11,15H,4-6H2,1-3H3. The van der Waals surface area contributed by atoms with E-state index in [0.717, 1.165) is 6.42 Å². The second-order valence-electron chi connectivity index (χ2n) is 4.64. The first-order chi connectivity index (χ1) is 8.69. The van der Waals surface area contributed by atoms with Gasteiger partial charge in [0.05, 0.1) is 33.0 Å². The van der Waals surface area contributed by atoms with Gasteiger partial charge in [-0.3, -0.25) is 0 Å². The van der Waals surface area contributed by atoms with E-state index < -0.39 is 6.10 Å². The molecule has 1 aromatic carbocycles. The molecule has 1 N–H and O–H groups in total. The van der Waals surface area contributed by atoms with E-state index in [-0.39, 0.29) is 0 Å². The van der Waals surface area contributed by atoms with E-state index in [0.29, 0.717) is 28.7 Å². The van der Waals surface area contributed by atoms with E-state index in [1.54, 1.807) is 33.5 Å². The fourth-order valence-electron chi connectivity index (χ4n) is 2.15. The van der Waals surface area contributed by atoms with Crippen molar-refractivity contribution in [1.82, 2.24) is 0 Å². The van der Waals surface area contributed by atoms with Gasteiger partial charge in [0.15, 0.2) is 0 Å². The Labute approximate surface area is 107 Å². The van der Waals surface area contributed by atoms with Crippen LogP contribution in [-0.2, 0) is 0 Å². The van der Waals surface area contributed by atoms with Gasteiger partial charge >= 0.3 is 0 Å². The Morgan fingerprint density at radius 1 is 1.11 bits per heavy atom. The summed E-state index contributed by atoms with van der Waals surface area (Å²) in [7, 11) is 4.76. The van der Waals surface area contributed by atoms with Crippen molar-refractivity contribution >= 4 is 0 Å². The van der Waals surface area contributed by atoms with Crippen molar-refractivity contribution < 1.29 is 19.3 Å². The Hall–Kier alpha value is -1.42. The summed E-state index contributed by atoms with van der Waals surface area (Å²) < 4.78 is 15.9. The number of aliphatic hydroxyl groups excluding tert-OH is 1. The maximum atomic E-state index is 10.3. The molecule has 0 amide bonds. The van der Waals surface area contributed by atoms with Gasteiger partial charge in [0.1, 0.15) is 17.2 Å². The van der Waals surface area contributed by atoms with Gasteiger partial charge in [0.2, 0.25) is 0 Å². The molecule has 0 heterocycles. The highest BCUT2D eigenvalue weighted by Crippen LogP contribution is 2.44. The Morgan fingerprint density at radius 2 is 1.67 bits per heavy atom. The highest BCUT2D eigenvalue weighted by molar-refractivity contribution is 5.51. The van der Waals surface area contributed by atoms with Crippen molar-refractivity contribution in [3.8, 4) is 17.2 Å². The second kappa shape index (κ2) is 5.48. The molecule has 0 spiro atoms. The molecule has 0 aromatic heterocycles. The molecular formula is C14H20O4. The predicted octanol–water partition coefficient (Wildman–Crippen LogP) is 2.55. The summed E-state index contributed by atoms with van der Waals surface area (Å²) >= 11 is 0. The van der Waals surface area contributed by atoms with Gasteiger partial charge in [0, 0.05) is 12.1 Å². The van der Waals surface area contributed by atoms with Crippen molar-refractivity contribution in [3.05, 3.63) is 17.7 Å². The summed E-state index contributed by atoms with van der Waals surface area (Å²) in [6, 6.07) is 3.54. The van der Waals surface area contributed by atoms with E-state index in [9.17, 15) is 5.11 Å². The molecule has 0 radical (unpaired) electrons. The van der Waals surface area contributed by atoms with Crippen molar-refractivity contribution in [2.45, 2.75) is 25.4 Å². The minimum absolute atomic E-state index is 0.548. The van der Waals surface area contributed by atoms with Gasteiger partial charge in [-0.25, -0.2) is 0 Å². The summed E-state index contributed by atoms with van der Waals surface area (Å²) in [6.45, 7) is 0. The Kier molecular flexibility index (Phi) is 3.97. The molecule has 2 rings (SSSR count). The number of hydrogen-bond donors (Lipinski definition) is 1. The largest absolute Gasteiger partial charge is 0.496 e. The molecule has 0 aliphatic heterocycles. The van der Waals surface area contributed by atoms with Crippen LogP contribution in [0.4, 0.5) is 0 Å². The predicted molar refractivity (Wildman–Crippen MR) is 68.4 cm³/mol. The molecule has 1 fully saturated rings. The molecule has 100 valence electrons. The minimum atomic E-state index is -0.548. The molecule has 18 heavy (non-hydrogen) atoms. The van der Waals surface area contributed by atoms with Crippen LogP contribution in [-0.4, -0.2) is 26.4 Å². The lowest BCUT2D eigenvalue weighted by atomic mass is 10.0. The van der Waals surface area contributed by atoms with E-state index in [1.165, 1.54) is 12.8 Å². The van der Waals surface area contributed by atoms with Crippen molar-refractivity contribution in [3.63, 3.8) is 0 Å². The number of methoxy groups -OCH3 is 3. The molecule has 1 aliphatic rings. The maximum absolute atomic E-state index is 10.3. The van der Waals surface area contributed by atoms with Crippen LogP contribution in [0.5, 0.6) is 17.2 Å². The van der Waals surface area contributed by atoms with Crippen molar-refractivity contribution in [2.75, 3.05) is 21.3 Å². The van der Waals surface area contributed by atoms with E-state index in [2.05, 4.69) is 0 Å². The SMILES string of the molecule is COc1cc(OC)c(C(O)CC2CC2)c(OC)c1. The molecule has 0 saturated heterocycles. The molecule has 1 saturated carbocycles. The summed E-state index contributed by atoms with van der Waals surface area (Å²) in [4.78, 5) is 0. The van der Waals surface area contributed by atoms with Crippen LogP contribution in [0.1, 0.15) is 30.9 Å². The van der Waals surface area contributed by atoms with E-state index in [4.69, 9.17) is 14.2 Å². The highest BCUT2D eigenvalue weighted by atomic mass is 16.5. The van der Waals surface area contributed by atoms with Crippen LogP contribution < -0.4 is 14.2 Å². The highest BCUT2D eigenvalue weighted by Gasteiger charge is 2.28. The van der Waals surface area contributed by atoms with Gasteiger partial charge < -0.3 is 19.3 Å². The Bertz CT molecular complexity index is 387. The van der Waals surface area contributed by atoms with Gasteiger partial charge in [-0.2, -0.15) is 0 Å². The number of hydrogen-bond acceptors (Lipinski definition) is 4. The number of aliphatic hydroxyl groups is 1. The van der Waals surface area contributed by atoms with Crippen LogP contribution in [0.2, 0.25) is 0 Å². The van der Waals surface area contributed by atoms with Gasteiger partial charge in [-0.15, -0.1) is 0 Å². The average molecular weight is 252 g/mol. The van der Waals surface area contributed by atoms with Gasteiger partial charge in [0.25, 0.3) is 0 Å². The first-order valence-electron chi connectivity index (χ1n) is 6.17. The zero-order valence-electron chi connectivity index (χ0n) is 11.1. The minimum Gasteiger partial charge on any atom is -0.496 e. The molecule has 1 atom stereocenters. The van der Waals surface area contributed by atoms with Crippen molar-refractivity contribution in [2.24, 2.45) is 5.92 Å². The fraction of sp³-hybridized carbons (Fsp3) is 0.571. The molecule has 4 heteroatoms. The molecule has 1 aromatic rings. The zero-order chi connectivity index (χ0) is 13.1. The smallest absolute Gasteiger partial charge is 0.132 e. The lowest BCUT2D eigenvalue weighted by Crippen LogP contribution is -2.05. The van der Waals surface area contributed by atoms with Crippen LogP contribution >= 0.6 is 0 Å². The monoisotopic (exact) mass is 252 g/mol. The average Bonchev–Trinajstić information content (AvgIpc) is 3.20. The Balaban J connectivity index is 2.34. The summed E-state index contributed by atoms with van der Waals surface area (Å²) in [5.41, 5.74) is 0.715. The third-order valence-corrected chi connectivity index (χ3v) is 3.34. The van der Waals surface area contributed by atoms with E-state index >= 15 is 0 Å². The lowest BCUT2D eigenvalue weighted by Gasteiger charge is -2.19. The Morgan fingerprint density at radius 3 is 2.06 bits per heavy atom. The molecule has 1 aliphatic carbocycles. The van der Waals surface area contributed by atoms with E-state index in [1.807, 2.05) is 0 Å². The second-order valence-corrected chi connectivity index (χ2v) is 4.64. The molecule has 4 nitrogen and oxygen atoms in total. The first kappa shape index (κ1) is 13.0. The van der Waals surface area contributed by atoms with Crippen LogP contribution in [0.3, 0.4) is 0 Å². The normalized spacial score (nSPS) is 16.2. The summed E-state index contributed by atoms with van der Waals surface area (Å²) in [6.07, 6.45) is 2.63. The number of benzene rings is 1. The van der Waals surface area contributed by atoms with Crippen LogP contribution in [0.15, 0.2) is 12.1 Å². The first-order valence-corrected chi connectivity index (χ1v) is 6.17. The molecule has 1 unspecified atom stereocenters. The van der Waals surface area contributed by atoms with Gasteiger partial charge in [-0.05, 0) is 12.3 Å². The third-order valence-electron chi connectivity index (χ3n) is 3.34. The third kappa shape index (κ3) is 2.70.